The summed E-state index contributed by atoms with van der Waals surface area (Å²) in [6, 6.07) is 3.81. The highest BCUT2D eigenvalue weighted by Gasteiger charge is 2.40. The molecule has 0 aliphatic heterocycles. The third kappa shape index (κ3) is 2.02. The van der Waals surface area contributed by atoms with Crippen LogP contribution in [0, 0.1) is 5.41 Å². The number of ether oxygens (including phenoxy) is 3. The van der Waals surface area contributed by atoms with Gasteiger partial charge in [0, 0.05) is 16.5 Å². The highest BCUT2D eigenvalue weighted by atomic mass is 16.5. The van der Waals surface area contributed by atoms with Gasteiger partial charge in [-0.3, -0.25) is 4.79 Å². The molecule has 4 heteroatoms. The Bertz CT molecular complexity index is 699. The van der Waals surface area contributed by atoms with Gasteiger partial charge in [0.05, 0.1) is 21.3 Å². The lowest BCUT2D eigenvalue weighted by atomic mass is 9.66. The molecule has 3 rings (SSSR count). The number of hydrogen-bond donors (Lipinski definition) is 0. The summed E-state index contributed by atoms with van der Waals surface area (Å²) in [6.45, 7) is 2.13. The number of hydrogen-bond acceptors (Lipinski definition) is 4. The molecule has 1 unspecified atom stereocenters. The molecule has 0 saturated carbocycles. The van der Waals surface area contributed by atoms with Gasteiger partial charge in [-0.1, -0.05) is 6.92 Å². The highest BCUT2D eigenvalue weighted by molar-refractivity contribution is 6.10. The first-order valence-corrected chi connectivity index (χ1v) is 7.31. The van der Waals surface area contributed by atoms with Gasteiger partial charge in [-0.2, -0.15) is 0 Å². The Balaban J connectivity index is 2.24. The molecule has 116 valence electrons. The molecule has 0 heterocycles. The van der Waals surface area contributed by atoms with Crippen LogP contribution < -0.4 is 9.47 Å². The number of carbonyl (C=O) groups is 1. The van der Waals surface area contributed by atoms with E-state index in [0.717, 1.165) is 41.0 Å². The predicted molar refractivity (Wildman–Crippen MR) is 84.1 cm³/mol. The molecular weight excluding hydrogens is 280 g/mol. The molecule has 2 aliphatic carbocycles. The summed E-state index contributed by atoms with van der Waals surface area (Å²) in [4.78, 5) is 12.2. The van der Waals surface area contributed by atoms with E-state index in [1.807, 2.05) is 18.2 Å². The van der Waals surface area contributed by atoms with E-state index in [4.69, 9.17) is 14.2 Å². The zero-order valence-corrected chi connectivity index (χ0v) is 13.4. The van der Waals surface area contributed by atoms with E-state index in [-0.39, 0.29) is 11.2 Å². The van der Waals surface area contributed by atoms with Gasteiger partial charge in [-0.05, 0) is 42.7 Å². The van der Waals surface area contributed by atoms with E-state index in [2.05, 4.69) is 6.92 Å². The molecule has 22 heavy (non-hydrogen) atoms. The van der Waals surface area contributed by atoms with E-state index >= 15 is 0 Å². The smallest absolute Gasteiger partial charge is 0.220 e. The van der Waals surface area contributed by atoms with Crippen LogP contribution in [0.2, 0.25) is 0 Å². The summed E-state index contributed by atoms with van der Waals surface area (Å²) in [5.74, 6) is 1.92. The van der Waals surface area contributed by atoms with Crippen molar-refractivity contribution in [2.45, 2.75) is 19.8 Å². The van der Waals surface area contributed by atoms with Gasteiger partial charge in [-0.15, -0.1) is 0 Å². The van der Waals surface area contributed by atoms with Gasteiger partial charge < -0.3 is 14.2 Å². The number of ketones is 1. The molecule has 1 aromatic carbocycles. The fourth-order valence-electron chi connectivity index (χ4n) is 3.43. The molecule has 1 aromatic rings. The molecule has 1 atom stereocenters. The number of methoxy groups -OCH3 is 3. The average molecular weight is 300 g/mol. The molecule has 0 N–H and O–H groups in total. The maximum Gasteiger partial charge on any atom is 0.220 e. The minimum Gasteiger partial charge on any atom is -0.496 e. The third-order valence-corrected chi connectivity index (χ3v) is 4.64. The lowest BCUT2D eigenvalue weighted by Gasteiger charge is -2.38. The Kier molecular flexibility index (Phi) is 3.47. The summed E-state index contributed by atoms with van der Waals surface area (Å²) in [5, 5.41) is 0. The molecule has 0 bridgehead atoms. The molecule has 0 fully saturated rings. The first kappa shape index (κ1) is 14.7. The van der Waals surface area contributed by atoms with Crippen molar-refractivity contribution in [1.29, 1.82) is 0 Å². The first-order valence-electron chi connectivity index (χ1n) is 7.31. The van der Waals surface area contributed by atoms with Crippen molar-refractivity contribution < 1.29 is 19.0 Å². The SMILES string of the molecule is COC1=CC2(C)CCc3c(OC)ccc(OC)c3C2=CC1=O. The van der Waals surface area contributed by atoms with Crippen LogP contribution in [0.1, 0.15) is 24.5 Å². The third-order valence-electron chi connectivity index (χ3n) is 4.64. The lowest BCUT2D eigenvalue weighted by molar-refractivity contribution is -0.114. The van der Waals surface area contributed by atoms with Crippen molar-refractivity contribution >= 4 is 11.4 Å². The molecule has 2 aliphatic rings. The highest BCUT2D eigenvalue weighted by Crippen LogP contribution is 2.53. The Morgan fingerprint density at radius 3 is 2.36 bits per heavy atom. The van der Waals surface area contributed by atoms with Gasteiger partial charge in [0.15, 0.2) is 5.76 Å². The van der Waals surface area contributed by atoms with Crippen LogP contribution in [0.3, 0.4) is 0 Å². The Hall–Kier alpha value is -2.23. The van der Waals surface area contributed by atoms with Crippen molar-refractivity contribution in [3.8, 4) is 11.5 Å². The normalized spacial score (nSPS) is 23.0. The number of carbonyl (C=O) groups excluding carboxylic acids is 1. The van der Waals surface area contributed by atoms with E-state index in [1.54, 1.807) is 20.3 Å². The summed E-state index contributed by atoms with van der Waals surface area (Å²) in [5.41, 5.74) is 2.84. The minimum atomic E-state index is -0.230. The van der Waals surface area contributed by atoms with Crippen molar-refractivity contribution in [2.75, 3.05) is 21.3 Å². The molecule has 4 nitrogen and oxygen atoms in total. The molecule has 0 radical (unpaired) electrons. The summed E-state index contributed by atoms with van der Waals surface area (Å²) in [7, 11) is 4.85. The largest absolute Gasteiger partial charge is 0.496 e. The van der Waals surface area contributed by atoms with E-state index in [1.165, 1.54) is 7.11 Å². The quantitative estimate of drug-likeness (QED) is 0.860. The second-order valence-corrected chi connectivity index (χ2v) is 5.88. The lowest BCUT2D eigenvalue weighted by Crippen LogP contribution is -2.28. The fourth-order valence-corrected chi connectivity index (χ4v) is 3.43. The monoisotopic (exact) mass is 300 g/mol. The van der Waals surface area contributed by atoms with Gasteiger partial charge >= 0.3 is 0 Å². The van der Waals surface area contributed by atoms with Crippen molar-refractivity contribution in [2.24, 2.45) is 5.41 Å². The number of benzene rings is 1. The second-order valence-electron chi connectivity index (χ2n) is 5.88. The van der Waals surface area contributed by atoms with Crippen LogP contribution >= 0.6 is 0 Å². The average Bonchev–Trinajstić information content (AvgIpc) is 2.53. The van der Waals surface area contributed by atoms with Crippen LogP contribution in [0.15, 0.2) is 30.0 Å². The maximum atomic E-state index is 12.2. The van der Waals surface area contributed by atoms with Gasteiger partial charge in [0.1, 0.15) is 11.5 Å². The molecule has 0 saturated heterocycles. The zero-order chi connectivity index (χ0) is 15.9. The molecule has 0 amide bonds. The van der Waals surface area contributed by atoms with Gasteiger partial charge in [-0.25, -0.2) is 0 Å². The Labute approximate surface area is 130 Å². The number of fused-ring (bicyclic) bond motifs is 3. The van der Waals surface area contributed by atoms with Gasteiger partial charge in [0.2, 0.25) is 5.78 Å². The van der Waals surface area contributed by atoms with Crippen LogP contribution in [0.25, 0.3) is 5.57 Å². The van der Waals surface area contributed by atoms with Crippen LogP contribution in [0.4, 0.5) is 0 Å². The second kappa shape index (κ2) is 5.20. The number of rotatable bonds is 3. The first-order chi connectivity index (χ1) is 10.5. The Morgan fingerprint density at radius 2 is 1.73 bits per heavy atom. The zero-order valence-electron chi connectivity index (χ0n) is 13.4. The molecule has 0 aromatic heterocycles. The van der Waals surface area contributed by atoms with Crippen molar-refractivity contribution in [3.05, 3.63) is 41.2 Å². The van der Waals surface area contributed by atoms with E-state index < -0.39 is 0 Å². The van der Waals surface area contributed by atoms with E-state index in [0.29, 0.717) is 5.76 Å². The maximum absolute atomic E-state index is 12.2. The van der Waals surface area contributed by atoms with E-state index in [9.17, 15) is 4.79 Å². The van der Waals surface area contributed by atoms with Crippen LogP contribution in [0.5, 0.6) is 11.5 Å². The molecule has 0 spiro atoms. The topological polar surface area (TPSA) is 44.8 Å². The van der Waals surface area contributed by atoms with Gasteiger partial charge in [0.25, 0.3) is 0 Å². The predicted octanol–water partition coefficient (Wildman–Crippen LogP) is 3.15. The molecular formula is C18H20O4. The van der Waals surface area contributed by atoms with Crippen LogP contribution in [-0.4, -0.2) is 27.1 Å². The van der Waals surface area contributed by atoms with Crippen molar-refractivity contribution in [3.63, 3.8) is 0 Å². The standard InChI is InChI=1S/C18H20O4/c1-18-8-7-11-14(20-2)5-6-15(21-3)17(11)12(18)9-13(19)16(10-18)22-4/h5-6,9-10H,7-8H2,1-4H3. The van der Waals surface area contributed by atoms with Crippen molar-refractivity contribution in [1.82, 2.24) is 0 Å². The van der Waals surface area contributed by atoms with Crippen LogP contribution in [-0.2, 0) is 16.0 Å². The summed E-state index contributed by atoms with van der Waals surface area (Å²) in [6.07, 6.45) is 5.38. The minimum absolute atomic E-state index is 0.104. The fraction of sp³-hybridized carbons (Fsp3) is 0.389. The number of allylic oxidation sites excluding steroid dienone is 3. The summed E-state index contributed by atoms with van der Waals surface area (Å²) < 4.78 is 16.2. The Morgan fingerprint density at radius 1 is 1.05 bits per heavy atom. The summed E-state index contributed by atoms with van der Waals surface area (Å²) >= 11 is 0.